The highest BCUT2D eigenvalue weighted by Gasteiger charge is 2.56. The van der Waals surface area contributed by atoms with Gasteiger partial charge < -0.3 is 20.5 Å². The van der Waals surface area contributed by atoms with Crippen molar-refractivity contribution in [2.45, 2.75) is 50.1 Å². The Bertz CT molecular complexity index is 1100. The Morgan fingerprint density at radius 1 is 0.947 bits per heavy atom. The van der Waals surface area contributed by atoms with Crippen molar-refractivity contribution >= 4 is 23.2 Å². The van der Waals surface area contributed by atoms with Crippen molar-refractivity contribution in [3.05, 3.63) is 63.7 Å². The zero-order chi connectivity index (χ0) is 29.1. The minimum Gasteiger partial charge on any atom is -0.381 e. The van der Waals surface area contributed by atoms with Crippen LogP contribution >= 0.6 is 11.6 Å². The van der Waals surface area contributed by atoms with Crippen LogP contribution in [0.2, 0.25) is 5.02 Å². The third kappa shape index (κ3) is 7.90. The second-order valence-corrected chi connectivity index (χ2v) is 8.75. The van der Waals surface area contributed by atoms with Gasteiger partial charge in [-0.15, -0.1) is 0 Å². The standard InChI is InChI=1S/C23H22ClF9N2O3/c1-12(38-2)5-19(36)34-10-13-3-4-17(9-18(13)24)35-11-20(37,23(31,32)33)14-6-15(21(25,26)27)8-16(7-14)22(28,29)30/h3-4,6-9,12,35,37H,5,10-11H2,1-2H3,(H,34,36)/t12-,20-/m1/s1. The summed E-state index contributed by atoms with van der Waals surface area (Å²) in [6.45, 7) is 0.0697. The van der Waals surface area contributed by atoms with Gasteiger partial charge in [0.2, 0.25) is 11.5 Å². The molecule has 2 aromatic rings. The number of alkyl halides is 9. The van der Waals surface area contributed by atoms with Crippen LogP contribution in [0.5, 0.6) is 0 Å². The first kappa shape index (κ1) is 31.5. The summed E-state index contributed by atoms with van der Waals surface area (Å²) in [5.41, 5.74) is -9.61. The Balaban J connectivity index is 2.32. The van der Waals surface area contributed by atoms with Gasteiger partial charge in [0.1, 0.15) is 0 Å². The van der Waals surface area contributed by atoms with E-state index in [1.165, 1.54) is 19.2 Å². The quantitative estimate of drug-likeness (QED) is 0.305. The van der Waals surface area contributed by atoms with Crippen LogP contribution in [0.25, 0.3) is 0 Å². The first-order valence-corrected chi connectivity index (χ1v) is 11.1. The second kappa shape index (κ2) is 11.6. The van der Waals surface area contributed by atoms with Crippen LogP contribution in [-0.2, 0) is 34.0 Å². The number of aliphatic hydroxyl groups is 1. The van der Waals surface area contributed by atoms with Crippen LogP contribution in [-0.4, -0.2) is 36.9 Å². The number of anilines is 1. The summed E-state index contributed by atoms with van der Waals surface area (Å²) in [7, 11) is 1.42. The summed E-state index contributed by atoms with van der Waals surface area (Å²) < 4.78 is 125. The number of nitrogens with one attached hydrogen (secondary N) is 2. The fourth-order valence-corrected chi connectivity index (χ4v) is 3.45. The van der Waals surface area contributed by atoms with E-state index in [1.807, 2.05) is 0 Å². The highest BCUT2D eigenvalue weighted by Crippen LogP contribution is 2.44. The highest BCUT2D eigenvalue weighted by molar-refractivity contribution is 6.31. The van der Waals surface area contributed by atoms with Crippen molar-refractivity contribution in [2.75, 3.05) is 19.0 Å². The molecule has 0 saturated carbocycles. The Kier molecular flexibility index (Phi) is 9.60. The molecule has 1 amide bonds. The number of methoxy groups -OCH3 is 1. The fraction of sp³-hybridized carbons (Fsp3) is 0.435. The van der Waals surface area contributed by atoms with E-state index >= 15 is 0 Å². The summed E-state index contributed by atoms with van der Waals surface area (Å²) >= 11 is 6.09. The van der Waals surface area contributed by atoms with Gasteiger partial charge in [-0.05, 0) is 48.4 Å². The molecule has 0 aliphatic carbocycles. The number of carbonyl (C=O) groups excluding carboxylic acids is 1. The molecule has 0 saturated heterocycles. The van der Waals surface area contributed by atoms with Crippen LogP contribution in [0.15, 0.2) is 36.4 Å². The molecule has 5 nitrogen and oxygen atoms in total. The van der Waals surface area contributed by atoms with Gasteiger partial charge in [0.05, 0.1) is 30.2 Å². The van der Waals surface area contributed by atoms with E-state index in [9.17, 15) is 49.4 Å². The summed E-state index contributed by atoms with van der Waals surface area (Å²) in [4.78, 5) is 11.9. The van der Waals surface area contributed by atoms with Gasteiger partial charge in [0.25, 0.3) is 0 Å². The second-order valence-electron chi connectivity index (χ2n) is 8.34. The molecule has 0 unspecified atom stereocenters. The number of ether oxygens (including phenoxy) is 1. The van der Waals surface area contributed by atoms with Gasteiger partial charge >= 0.3 is 18.5 Å². The Morgan fingerprint density at radius 3 is 1.92 bits per heavy atom. The third-order valence-electron chi connectivity index (χ3n) is 5.49. The van der Waals surface area contributed by atoms with Crippen LogP contribution < -0.4 is 10.6 Å². The molecular formula is C23H22ClF9N2O3. The number of rotatable bonds is 9. The predicted molar refractivity (Wildman–Crippen MR) is 119 cm³/mol. The van der Waals surface area contributed by atoms with E-state index in [0.717, 1.165) is 6.07 Å². The average molecular weight is 581 g/mol. The maximum atomic E-state index is 13.9. The van der Waals surface area contributed by atoms with Crippen LogP contribution in [0.3, 0.4) is 0 Å². The topological polar surface area (TPSA) is 70.6 Å². The Labute approximate surface area is 215 Å². The molecule has 3 N–H and O–H groups in total. The number of hydrogen-bond donors (Lipinski definition) is 3. The van der Waals surface area contributed by atoms with Gasteiger partial charge in [0, 0.05) is 24.4 Å². The van der Waals surface area contributed by atoms with Crippen molar-refractivity contribution in [1.82, 2.24) is 5.32 Å². The molecule has 38 heavy (non-hydrogen) atoms. The van der Waals surface area contributed by atoms with E-state index in [2.05, 4.69) is 10.6 Å². The zero-order valence-electron chi connectivity index (χ0n) is 19.7. The molecule has 0 heterocycles. The number of benzene rings is 2. The van der Waals surface area contributed by atoms with E-state index in [0.29, 0.717) is 5.56 Å². The number of hydrogen-bond acceptors (Lipinski definition) is 4. The molecule has 0 aliphatic heterocycles. The van der Waals surface area contributed by atoms with Gasteiger partial charge in [-0.3, -0.25) is 4.79 Å². The predicted octanol–water partition coefficient (Wildman–Crippen LogP) is 6.28. The van der Waals surface area contributed by atoms with Crippen molar-refractivity contribution in [2.24, 2.45) is 0 Å². The first-order chi connectivity index (χ1) is 17.3. The maximum Gasteiger partial charge on any atom is 0.423 e. The van der Waals surface area contributed by atoms with Crippen LogP contribution in [0.1, 0.15) is 35.6 Å². The molecule has 0 bridgehead atoms. The first-order valence-electron chi connectivity index (χ1n) is 10.7. The lowest BCUT2D eigenvalue weighted by molar-refractivity contribution is -0.261. The SMILES string of the molecule is CO[C@H](C)CC(=O)NCc1ccc(NC[C@@](O)(c2cc(C(F)(F)F)cc(C(F)(F)F)c2)C(F)(F)F)cc1Cl. The van der Waals surface area contributed by atoms with Gasteiger partial charge in [0.15, 0.2) is 0 Å². The molecule has 0 fully saturated rings. The Hall–Kier alpha value is -2.71. The van der Waals surface area contributed by atoms with E-state index in [4.69, 9.17) is 16.3 Å². The lowest BCUT2D eigenvalue weighted by Gasteiger charge is -2.32. The molecule has 2 aromatic carbocycles. The van der Waals surface area contributed by atoms with E-state index in [-0.39, 0.29) is 53.9 Å². The molecule has 15 heteroatoms. The number of amides is 1. The third-order valence-corrected chi connectivity index (χ3v) is 5.84. The number of halogens is 10. The molecule has 2 rings (SSSR count). The van der Waals surface area contributed by atoms with E-state index < -0.39 is 47.4 Å². The summed E-state index contributed by atoms with van der Waals surface area (Å²) in [5.74, 6) is -0.368. The summed E-state index contributed by atoms with van der Waals surface area (Å²) in [6, 6.07) is 2.92. The number of carbonyl (C=O) groups is 1. The highest BCUT2D eigenvalue weighted by atomic mass is 35.5. The van der Waals surface area contributed by atoms with Crippen molar-refractivity contribution < 1.29 is 54.2 Å². The molecular weight excluding hydrogens is 559 g/mol. The lowest BCUT2D eigenvalue weighted by Crippen LogP contribution is -2.48. The maximum absolute atomic E-state index is 13.9. The lowest BCUT2D eigenvalue weighted by atomic mass is 9.89. The largest absolute Gasteiger partial charge is 0.423 e. The van der Waals surface area contributed by atoms with Gasteiger partial charge in [-0.25, -0.2) is 0 Å². The van der Waals surface area contributed by atoms with Gasteiger partial charge in [-0.1, -0.05) is 17.7 Å². The fourth-order valence-electron chi connectivity index (χ4n) is 3.20. The van der Waals surface area contributed by atoms with Crippen molar-refractivity contribution in [3.8, 4) is 0 Å². The summed E-state index contributed by atoms with van der Waals surface area (Å²) in [6.07, 6.45) is -16.8. The molecule has 0 spiro atoms. The monoisotopic (exact) mass is 580 g/mol. The minimum atomic E-state index is -5.68. The molecule has 2 atom stereocenters. The molecule has 0 aliphatic rings. The van der Waals surface area contributed by atoms with E-state index in [1.54, 1.807) is 6.92 Å². The van der Waals surface area contributed by atoms with Gasteiger partial charge in [-0.2, -0.15) is 39.5 Å². The van der Waals surface area contributed by atoms with Crippen LogP contribution in [0, 0.1) is 0 Å². The van der Waals surface area contributed by atoms with Crippen LogP contribution in [0.4, 0.5) is 45.2 Å². The smallest absolute Gasteiger partial charge is 0.381 e. The van der Waals surface area contributed by atoms with Crippen molar-refractivity contribution in [3.63, 3.8) is 0 Å². The normalized spacial score (nSPS) is 15.1. The molecule has 212 valence electrons. The average Bonchev–Trinajstić information content (AvgIpc) is 2.79. The Morgan fingerprint density at radius 2 is 1.47 bits per heavy atom. The molecule has 0 aromatic heterocycles. The molecule has 0 radical (unpaired) electrons. The van der Waals surface area contributed by atoms with Crippen molar-refractivity contribution in [1.29, 1.82) is 0 Å². The minimum absolute atomic E-state index is 0.0240. The zero-order valence-corrected chi connectivity index (χ0v) is 20.5. The summed E-state index contributed by atoms with van der Waals surface area (Å²) in [5, 5.41) is 15.1.